The fraction of sp³-hybridized carbons (Fsp3) is 0.425. The molecule has 5 aromatic rings. The highest BCUT2D eigenvalue weighted by Crippen LogP contribution is 2.32. The maximum atomic E-state index is 13.1. The van der Waals surface area contributed by atoms with Gasteiger partial charge in [0.15, 0.2) is 11.5 Å². The minimum Gasteiger partial charge on any atom is -0.496 e. The Kier molecular flexibility index (Phi) is 10.4. The number of aromatic amines is 1. The predicted molar refractivity (Wildman–Crippen MR) is 206 cm³/mol. The van der Waals surface area contributed by atoms with Gasteiger partial charge in [-0.05, 0) is 61.2 Å². The maximum Gasteiger partial charge on any atom is 0.260 e. The van der Waals surface area contributed by atoms with Gasteiger partial charge < -0.3 is 19.9 Å². The summed E-state index contributed by atoms with van der Waals surface area (Å²) >= 11 is 0. The molecule has 0 bridgehead atoms. The van der Waals surface area contributed by atoms with E-state index in [0.717, 1.165) is 54.3 Å². The molecule has 4 amide bonds. The van der Waals surface area contributed by atoms with Gasteiger partial charge in [0.05, 0.1) is 30.6 Å². The number of ether oxygens (including phenoxy) is 1. The third kappa shape index (κ3) is 7.74. The number of aromatic nitrogens is 5. The number of benzene rings is 2. The number of imidazole rings is 1. The molecule has 0 radical (unpaired) electrons. The van der Waals surface area contributed by atoms with E-state index in [1.807, 2.05) is 12.1 Å². The van der Waals surface area contributed by atoms with Gasteiger partial charge in [-0.3, -0.25) is 34.5 Å². The Morgan fingerprint density at radius 3 is 2.62 bits per heavy atom. The van der Waals surface area contributed by atoms with Crippen molar-refractivity contribution in [2.75, 3.05) is 50.1 Å². The van der Waals surface area contributed by atoms with Gasteiger partial charge >= 0.3 is 0 Å². The normalized spacial score (nSPS) is 19.3. The average molecular weight is 747 g/mol. The monoisotopic (exact) mass is 746 g/mol. The second kappa shape index (κ2) is 15.9. The number of fused-ring (bicyclic) bond motifs is 3. The smallest absolute Gasteiger partial charge is 0.260 e. The summed E-state index contributed by atoms with van der Waals surface area (Å²) in [4.78, 5) is 60.2. The number of carbonyl (C=O) groups excluding carboxylic acids is 4. The SMILES string of the molecule is COc1cc2[nH]ncc2cc1C(=O)Nc1cnc2cccnn12.O=C1CCC(N2Cc3ccc(N4CCN(CCC5CCCCC5)CC4)cc3C2=O)C(=O)N1. The molecule has 0 spiro atoms. The molecule has 15 nitrogen and oxygen atoms in total. The first-order chi connectivity index (χ1) is 26.8. The predicted octanol–water partition coefficient (Wildman–Crippen LogP) is 4.41. The minimum atomic E-state index is -0.552. The average Bonchev–Trinajstić information content (AvgIpc) is 3.94. The lowest BCUT2D eigenvalue weighted by molar-refractivity contribution is -0.136. The Labute approximate surface area is 318 Å². The molecule has 1 unspecified atom stereocenters. The Hall–Kier alpha value is -5.83. The van der Waals surface area contributed by atoms with Crippen molar-refractivity contribution in [3.63, 3.8) is 0 Å². The third-order valence-electron chi connectivity index (χ3n) is 11.4. The third-order valence-corrected chi connectivity index (χ3v) is 11.4. The van der Waals surface area contributed by atoms with E-state index < -0.39 is 6.04 Å². The molecule has 1 aliphatic carbocycles. The van der Waals surface area contributed by atoms with E-state index in [0.29, 0.717) is 41.3 Å². The number of rotatable bonds is 8. The Morgan fingerprint density at radius 1 is 0.982 bits per heavy atom. The van der Waals surface area contributed by atoms with Crippen molar-refractivity contribution < 1.29 is 23.9 Å². The van der Waals surface area contributed by atoms with E-state index in [1.54, 1.807) is 52.3 Å². The van der Waals surface area contributed by atoms with E-state index >= 15 is 0 Å². The molecule has 15 heteroatoms. The maximum absolute atomic E-state index is 13.1. The van der Waals surface area contributed by atoms with Crippen molar-refractivity contribution in [2.45, 2.75) is 64.0 Å². The van der Waals surface area contributed by atoms with Crippen molar-refractivity contribution in [1.82, 2.24) is 39.9 Å². The molecule has 4 aliphatic rings. The number of hydrogen-bond donors (Lipinski definition) is 3. The molecule has 55 heavy (non-hydrogen) atoms. The van der Waals surface area contributed by atoms with Crippen molar-refractivity contribution in [3.8, 4) is 5.75 Å². The van der Waals surface area contributed by atoms with Gasteiger partial charge in [0.2, 0.25) is 11.8 Å². The molecule has 1 saturated carbocycles. The van der Waals surface area contributed by atoms with Crippen LogP contribution in [0.4, 0.5) is 11.5 Å². The summed E-state index contributed by atoms with van der Waals surface area (Å²) in [7, 11) is 1.52. The van der Waals surface area contributed by atoms with Crippen LogP contribution >= 0.6 is 0 Å². The number of hydrogen-bond acceptors (Lipinski definition) is 10. The van der Waals surface area contributed by atoms with Gasteiger partial charge in [0.25, 0.3) is 11.8 Å². The van der Waals surface area contributed by atoms with Crippen LogP contribution < -0.4 is 20.3 Å². The van der Waals surface area contributed by atoms with Gasteiger partial charge in [-0.15, -0.1) is 0 Å². The lowest BCUT2D eigenvalue weighted by Crippen LogP contribution is -2.52. The largest absolute Gasteiger partial charge is 0.496 e. The summed E-state index contributed by atoms with van der Waals surface area (Å²) in [5, 5.41) is 17.0. The minimum absolute atomic E-state index is 0.0949. The highest BCUT2D eigenvalue weighted by molar-refractivity contribution is 6.08. The van der Waals surface area contributed by atoms with Crippen LogP contribution in [0.15, 0.2) is 61.1 Å². The molecular formula is C40H46N10O5. The van der Waals surface area contributed by atoms with Gasteiger partial charge in [-0.1, -0.05) is 38.2 Å². The Balaban J connectivity index is 0.000000164. The fourth-order valence-electron chi connectivity index (χ4n) is 8.23. The first-order valence-corrected chi connectivity index (χ1v) is 19.2. The first-order valence-electron chi connectivity index (χ1n) is 19.2. The Bertz CT molecular complexity index is 2220. The number of H-pyrrole nitrogens is 1. The number of imide groups is 1. The zero-order chi connectivity index (χ0) is 37.9. The van der Waals surface area contributed by atoms with Crippen molar-refractivity contribution in [2.24, 2.45) is 5.92 Å². The molecule has 9 rings (SSSR count). The standard InChI is InChI=1S/C25H34N4O3.C15H12N6O2/c30-23-9-8-22(24(31)26-23)29-17-19-6-7-20(16-21(19)25(29)32)28-14-12-27(13-15-28)11-10-18-4-2-1-3-5-18;1-23-12-6-11-9(7-17-20-11)5-10(12)15(22)19-14-8-16-13-3-2-4-18-21(13)14/h6-7,16,18,22H,1-5,8-15,17H2,(H,26,30,31);2-8H,1H3,(H,17,20)(H,19,22). The van der Waals surface area contributed by atoms with E-state index in [-0.39, 0.29) is 30.0 Å². The van der Waals surface area contributed by atoms with Crippen molar-refractivity contribution in [1.29, 1.82) is 0 Å². The van der Waals surface area contributed by atoms with Crippen LogP contribution in [0.25, 0.3) is 16.6 Å². The molecule has 3 aliphatic heterocycles. The van der Waals surface area contributed by atoms with Crippen LogP contribution in [-0.4, -0.2) is 104 Å². The van der Waals surface area contributed by atoms with E-state index in [1.165, 1.54) is 52.2 Å². The van der Waals surface area contributed by atoms with Gasteiger partial charge in [-0.25, -0.2) is 4.98 Å². The molecule has 3 fully saturated rings. The van der Waals surface area contributed by atoms with E-state index in [2.05, 4.69) is 46.8 Å². The van der Waals surface area contributed by atoms with E-state index in [9.17, 15) is 19.2 Å². The summed E-state index contributed by atoms with van der Waals surface area (Å²) < 4.78 is 6.86. The molecular weight excluding hydrogens is 701 g/mol. The number of methoxy groups -OCH3 is 1. The van der Waals surface area contributed by atoms with Crippen LogP contribution in [-0.2, 0) is 16.1 Å². The molecule has 3 N–H and O–H groups in total. The second-order valence-electron chi connectivity index (χ2n) is 14.8. The lowest BCUT2D eigenvalue weighted by atomic mass is 9.87. The van der Waals surface area contributed by atoms with Gasteiger partial charge in [-0.2, -0.15) is 14.7 Å². The van der Waals surface area contributed by atoms with Crippen LogP contribution in [0.2, 0.25) is 0 Å². The second-order valence-corrected chi connectivity index (χ2v) is 14.8. The fourth-order valence-corrected chi connectivity index (χ4v) is 8.23. The quantitative estimate of drug-likeness (QED) is 0.194. The van der Waals surface area contributed by atoms with Crippen LogP contribution in [0.1, 0.15) is 77.6 Å². The highest BCUT2D eigenvalue weighted by Gasteiger charge is 2.39. The Morgan fingerprint density at radius 2 is 1.82 bits per heavy atom. The molecule has 2 saturated heterocycles. The topological polar surface area (TPSA) is 170 Å². The highest BCUT2D eigenvalue weighted by atomic mass is 16.5. The van der Waals surface area contributed by atoms with Crippen molar-refractivity contribution in [3.05, 3.63) is 77.7 Å². The summed E-state index contributed by atoms with van der Waals surface area (Å²) in [6.45, 7) is 5.75. The summed E-state index contributed by atoms with van der Waals surface area (Å²) in [5.41, 5.74) is 4.62. The number of piperazine rings is 1. The number of amides is 4. The van der Waals surface area contributed by atoms with Crippen LogP contribution in [0.5, 0.6) is 5.75 Å². The van der Waals surface area contributed by atoms with Crippen LogP contribution in [0, 0.1) is 5.92 Å². The van der Waals surface area contributed by atoms with Crippen molar-refractivity contribution >= 4 is 51.7 Å². The summed E-state index contributed by atoms with van der Waals surface area (Å²) in [5.74, 6) is 0.861. The number of anilines is 2. The number of nitrogens with one attached hydrogen (secondary N) is 3. The molecule has 1 atom stereocenters. The molecule has 286 valence electrons. The van der Waals surface area contributed by atoms with Gasteiger partial charge in [0, 0.05) is 68.0 Å². The number of piperidine rings is 1. The molecule has 2 aromatic carbocycles. The summed E-state index contributed by atoms with van der Waals surface area (Å²) in [6.07, 6.45) is 13.9. The first kappa shape index (κ1) is 36.2. The van der Waals surface area contributed by atoms with Crippen LogP contribution in [0.3, 0.4) is 0 Å². The zero-order valence-corrected chi connectivity index (χ0v) is 31.0. The lowest BCUT2D eigenvalue weighted by Gasteiger charge is -2.37. The summed E-state index contributed by atoms with van der Waals surface area (Å²) in [6, 6.07) is 12.6. The zero-order valence-electron chi connectivity index (χ0n) is 31.0. The molecule has 3 aromatic heterocycles. The number of carbonyl (C=O) groups is 4. The van der Waals surface area contributed by atoms with E-state index in [4.69, 9.17) is 4.74 Å². The number of nitrogens with zero attached hydrogens (tertiary/aromatic N) is 7. The molecule has 6 heterocycles. The van der Waals surface area contributed by atoms with Gasteiger partial charge in [0.1, 0.15) is 11.8 Å².